The van der Waals surface area contributed by atoms with Gasteiger partial charge in [0.25, 0.3) is 0 Å². The van der Waals surface area contributed by atoms with E-state index in [4.69, 9.17) is 15.6 Å². The quantitative estimate of drug-likeness (QED) is 0.340. The standard InChI is InChI=1S/C3H5NO2.C3H6O2.Na.H/c4-2-1-3(5)6;1-2-3(4)5;;/h2,4H,1H2,(H,5,6);2H2,1H3,(H,4,5);;/q;;+1;-1. The Bertz CT molecular complexity index is 154. The van der Waals surface area contributed by atoms with Crippen molar-refractivity contribution in [2.75, 3.05) is 0 Å². The van der Waals surface area contributed by atoms with Gasteiger partial charge in [-0.3, -0.25) is 9.59 Å². The molecule has 0 aliphatic heterocycles. The average molecular weight is 185 g/mol. The molecule has 0 aliphatic carbocycles. The zero-order chi connectivity index (χ0) is 9.28. The van der Waals surface area contributed by atoms with Crippen LogP contribution in [0.4, 0.5) is 0 Å². The molecule has 0 aromatic rings. The number of rotatable bonds is 3. The Labute approximate surface area is 94.1 Å². The van der Waals surface area contributed by atoms with E-state index in [1.165, 1.54) is 0 Å². The SMILES string of the molecule is CCC(=O)O.N=CCC(=O)O.[H-].[Na+]. The fourth-order valence-corrected chi connectivity index (χ4v) is 0.0873. The first-order valence-electron chi connectivity index (χ1n) is 2.97. The molecule has 0 saturated carbocycles. The number of aliphatic carboxylic acids is 2. The number of carboxylic acids is 2. The van der Waals surface area contributed by atoms with E-state index in [0.717, 1.165) is 6.21 Å². The molecule has 0 rings (SSSR count). The van der Waals surface area contributed by atoms with Crippen molar-refractivity contribution in [2.45, 2.75) is 19.8 Å². The van der Waals surface area contributed by atoms with Crippen LogP contribution in [0.5, 0.6) is 0 Å². The molecule has 0 aromatic carbocycles. The van der Waals surface area contributed by atoms with Crippen LogP contribution in [0.15, 0.2) is 0 Å². The Morgan fingerprint density at radius 3 is 1.75 bits per heavy atom. The smallest absolute Gasteiger partial charge is 1.00 e. The molecule has 5 nitrogen and oxygen atoms in total. The number of nitrogens with one attached hydrogen (secondary N) is 1. The van der Waals surface area contributed by atoms with Crippen molar-refractivity contribution in [3.63, 3.8) is 0 Å². The summed E-state index contributed by atoms with van der Waals surface area (Å²) in [6.07, 6.45) is 0.905. The van der Waals surface area contributed by atoms with Gasteiger partial charge in [0.05, 0.1) is 6.42 Å². The molecule has 0 unspecified atom stereocenters. The Balaban J connectivity index is -0.0000000546. The van der Waals surface area contributed by atoms with Gasteiger partial charge in [-0.2, -0.15) is 0 Å². The third-order valence-electron chi connectivity index (χ3n) is 0.579. The van der Waals surface area contributed by atoms with Crippen molar-refractivity contribution in [1.82, 2.24) is 0 Å². The van der Waals surface area contributed by atoms with Crippen molar-refractivity contribution in [1.29, 1.82) is 5.41 Å². The molecule has 0 atom stereocenters. The van der Waals surface area contributed by atoms with Gasteiger partial charge in [-0.25, -0.2) is 0 Å². The van der Waals surface area contributed by atoms with E-state index in [1.807, 2.05) is 0 Å². The molecule has 0 heterocycles. The van der Waals surface area contributed by atoms with E-state index >= 15 is 0 Å². The molecule has 0 aliphatic rings. The van der Waals surface area contributed by atoms with E-state index in [-0.39, 0.29) is 43.8 Å². The summed E-state index contributed by atoms with van der Waals surface area (Å²) in [5.74, 6) is -1.70. The minimum atomic E-state index is -0.954. The molecule has 6 heteroatoms. The van der Waals surface area contributed by atoms with Gasteiger partial charge in [0, 0.05) is 12.6 Å². The molecule has 0 radical (unpaired) electrons. The monoisotopic (exact) mass is 185 g/mol. The summed E-state index contributed by atoms with van der Waals surface area (Å²) in [7, 11) is 0. The molecule has 0 saturated heterocycles. The second-order valence-corrected chi connectivity index (χ2v) is 1.55. The molecule has 0 spiro atoms. The van der Waals surface area contributed by atoms with Gasteiger partial charge in [0.15, 0.2) is 0 Å². The second kappa shape index (κ2) is 13.2. The fourth-order valence-electron chi connectivity index (χ4n) is 0.0873. The van der Waals surface area contributed by atoms with Crippen LogP contribution in [0.25, 0.3) is 0 Å². The molecule has 0 fully saturated rings. The molecular weight excluding hydrogens is 173 g/mol. The molecule has 0 amide bonds. The summed E-state index contributed by atoms with van der Waals surface area (Å²) in [4.78, 5) is 18.8. The van der Waals surface area contributed by atoms with E-state index in [1.54, 1.807) is 6.92 Å². The van der Waals surface area contributed by atoms with Gasteiger partial charge >= 0.3 is 41.5 Å². The predicted octanol–water partition coefficient (Wildman–Crippen LogP) is -2.29. The normalized spacial score (nSPS) is 6.75. The number of carbonyl (C=O) groups is 2. The maximum atomic E-state index is 9.45. The Morgan fingerprint density at radius 1 is 1.42 bits per heavy atom. The van der Waals surface area contributed by atoms with Crippen LogP contribution < -0.4 is 29.6 Å². The van der Waals surface area contributed by atoms with E-state index in [2.05, 4.69) is 0 Å². The van der Waals surface area contributed by atoms with Crippen LogP contribution in [-0.2, 0) is 9.59 Å². The van der Waals surface area contributed by atoms with Crippen LogP contribution in [0.3, 0.4) is 0 Å². The van der Waals surface area contributed by atoms with Gasteiger partial charge in [0.2, 0.25) is 0 Å². The van der Waals surface area contributed by atoms with Crippen molar-refractivity contribution < 1.29 is 50.8 Å². The molecule has 66 valence electrons. The number of hydrogen-bond acceptors (Lipinski definition) is 3. The topological polar surface area (TPSA) is 98.5 Å². The Morgan fingerprint density at radius 2 is 1.75 bits per heavy atom. The van der Waals surface area contributed by atoms with Crippen molar-refractivity contribution >= 4 is 18.2 Å². The van der Waals surface area contributed by atoms with Gasteiger partial charge < -0.3 is 17.0 Å². The maximum absolute atomic E-state index is 9.45. The fraction of sp³-hybridized carbons (Fsp3) is 0.500. The summed E-state index contributed by atoms with van der Waals surface area (Å²) in [5.41, 5.74) is 0. The zero-order valence-corrected chi connectivity index (χ0v) is 9.20. The summed E-state index contributed by atoms with van der Waals surface area (Å²) in [5, 5.41) is 21.7. The predicted molar refractivity (Wildman–Crippen MR) is 40.1 cm³/mol. The average Bonchev–Trinajstić information content (AvgIpc) is 1.89. The van der Waals surface area contributed by atoms with Crippen LogP contribution in [-0.4, -0.2) is 28.4 Å². The Hall–Kier alpha value is -0.390. The summed E-state index contributed by atoms with van der Waals surface area (Å²) in [6.45, 7) is 1.60. The molecular formula is C6H12NNaO4. The minimum Gasteiger partial charge on any atom is -1.00 e. The van der Waals surface area contributed by atoms with E-state index in [9.17, 15) is 9.59 Å². The number of carboxylic acid groups (broad SMARTS) is 2. The molecule has 3 N–H and O–H groups in total. The van der Waals surface area contributed by atoms with E-state index in [0.29, 0.717) is 0 Å². The van der Waals surface area contributed by atoms with Crippen LogP contribution in [0.2, 0.25) is 0 Å². The Kier molecular flexibility index (Phi) is 19.4. The summed E-state index contributed by atoms with van der Waals surface area (Å²) in [6, 6.07) is 0. The second-order valence-electron chi connectivity index (χ2n) is 1.55. The third-order valence-corrected chi connectivity index (χ3v) is 0.579. The van der Waals surface area contributed by atoms with Crippen LogP contribution >= 0.6 is 0 Å². The first-order chi connectivity index (χ1) is 5.04. The van der Waals surface area contributed by atoms with Gasteiger partial charge in [0.1, 0.15) is 0 Å². The van der Waals surface area contributed by atoms with Gasteiger partial charge in [-0.05, 0) is 0 Å². The van der Waals surface area contributed by atoms with Crippen molar-refractivity contribution in [3.05, 3.63) is 0 Å². The molecule has 12 heavy (non-hydrogen) atoms. The van der Waals surface area contributed by atoms with Gasteiger partial charge in [-0.15, -0.1) is 0 Å². The summed E-state index contributed by atoms with van der Waals surface area (Å²) < 4.78 is 0. The summed E-state index contributed by atoms with van der Waals surface area (Å²) >= 11 is 0. The van der Waals surface area contributed by atoms with Crippen molar-refractivity contribution in [2.24, 2.45) is 0 Å². The van der Waals surface area contributed by atoms with Crippen LogP contribution in [0.1, 0.15) is 21.2 Å². The molecule has 0 bridgehead atoms. The maximum Gasteiger partial charge on any atom is 1.00 e. The minimum absolute atomic E-state index is 0. The van der Waals surface area contributed by atoms with Gasteiger partial charge in [-0.1, -0.05) is 6.92 Å². The zero-order valence-electron chi connectivity index (χ0n) is 8.20. The first-order valence-corrected chi connectivity index (χ1v) is 2.97. The van der Waals surface area contributed by atoms with E-state index < -0.39 is 11.9 Å². The molecule has 0 aromatic heterocycles. The van der Waals surface area contributed by atoms with Crippen LogP contribution in [0, 0.1) is 5.41 Å². The largest absolute Gasteiger partial charge is 1.00 e. The third kappa shape index (κ3) is 33.5. The number of hydrogen-bond donors (Lipinski definition) is 3. The van der Waals surface area contributed by atoms with Crippen molar-refractivity contribution in [3.8, 4) is 0 Å². The first kappa shape index (κ1) is 17.6.